The Hall–Kier alpha value is -3.26. The van der Waals surface area contributed by atoms with Gasteiger partial charge in [0.05, 0.1) is 5.69 Å². The van der Waals surface area contributed by atoms with Crippen LogP contribution in [-0.4, -0.2) is 19.3 Å². The quantitative estimate of drug-likeness (QED) is 0.457. The molecule has 0 atom stereocenters. The lowest BCUT2D eigenvalue weighted by Crippen LogP contribution is -2.40. The molecular formula is C20H15BrN4O3. The number of benzene rings is 2. The molecule has 0 N–H and O–H groups in total. The Bertz CT molecular complexity index is 1260. The van der Waals surface area contributed by atoms with Crippen molar-refractivity contribution in [2.75, 3.05) is 0 Å². The van der Waals surface area contributed by atoms with E-state index in [1.165, 1.54) is 9.13 Å². The van der Waals surface area contributed by atoms with E-state index >= 15 is 0 Å². The van der Waals surface area contributed by atoms with Gasteiger partial charge in [-0.2, -0.15) is 4.98 Å². The highest BCUT2D eigenvalue weighted by Crippen LogP contribution is 2.19. The maximum Gasteiger partial charge on any atom is 0.320 e. The summed E-state index contributed by atoms with van der Waals surface area (Å²) in [6, 6.07) is 14.8. The standard InChI is InChI=1S/C20H15BrN4O3/c1-13-4-2-3-5-16(13)25-11-10-24(19(26)20(25)27)12-17-22-18(23-28-17)14-6-8-15(21)9-7-14/h2-11H,12H2,1H3. The average molecular weight is 439 g/mol. The van der Waals surface area contributed by atoms with E-state index in [1.54, 1.807) is 18.5 Å². The van der Waals surface area contributed by atoms with Crippen molar-refractivity contribution in [2.24, 2.45) is 0 Å². The molecule has 0 fully saturated rings. The van der Waals surface area contributed by atoms with Gasteiger partial charge in [-0.3, -0.25) is 18.7 Å². The van der Waals surface area contributed by atoms with Gasteiger partial charge in [0.2, 0.25) is 11.7 Å². The van der Waals surface area contributed by atoms with Crippen LogP contribution in [0.25, 0.3) is 17.1 Å². The van der Waals surface area contributed by atoms with Gasteiger partial charge < -0.3 is 4.52 Å². The van der Waals surface area contributed by atoms with Crippen LogP contribution in [0.4, 0.5) is 0 Å². The van der Waals surface area contributed by atoms with E-state index in [4.69, 9.17) is 4.52 Å². The topological polar surface area (TPSA) is 82.9 Å². The molecule has 28 heavy (non-hydrogen) atoms. The van der Waals surface area contributed by atoms with Crippen molar-refractivity contribution in [1.29, 1.82) is 0 Å². The highest BCUT2D eigenvalue weighted by atomic mass is 79.9. The Labute approximate surface area is 168 Å². The molecule has 8 heteroatoms. The lowest BCUT2D eigenvalue weighted by molar-refractivity contribution is 0.369. The predicted octanol–water partition coefficient (Wildman–Crippen LogP) is 3.17. The fourth-order valence-electron chi connectivity index (χ4n) is 2.84. The van der Waals surface area contributed by atoms with Gasteiger partial charge in [-0.15, -0.1) is 0 Å². The van der Waals surface area contributed by atoms with Gasteiger partial charge in [-0.25, -0.2) is 0 Å². The Morgan fingerprint density at radius 1 is 1.00 bits per heavy atom. The molecule has 2 aromatic carbocycles. The first-order valence-corrected chi connectivity index (χ1v) is 9.29. The molecule has 140 valence electrons. The Balaban J connectivity index is 1.64. The summed E-state index contributed by atoms with van der Waals surface area (Å²) in [5.41, 5.74) is 1.07. The molecule has 0 amide bonds. The number of aromatic nitrogens is 4. The first kappa shape index (κ1) is 18.1. The van der Waals surface area contributed by atoms with Crippen LogP contribution >= 0.6 is 15.9 Å². The summed E-state index contributed by atoms with van der Waals surface area (Å²) in [5.74, 6) is 0.664. The van der Waals surface area contributed by atoms with Gasteiger partial charge >= 0.3 is 11.1 Å². The summed E-state index contributed by atoms with van der Waals surface area (Å²) < 4.78 is 8.79. The first-order chi connectivity index (χ1) is 13.5. The van der Waals surface area contributed by atoms with E-state index in [9.17, 15) is 9.59 Å². The molecule has 4 rings (SSSR count). The lowest BCUT2D eigenvalue weighted by atomic mass is 10.2. The zero-order chi connectivity index (χ0) is 19.7. The van der Waals surface area contributed by atoms with Crippen LogP contribution in [0.2, 0.25) is 0 Å². The third-order valence-corrected chi connectivity index (χ3v) is 4.84. The second-order valence-electron chi connectivity index (χ2n) is 6.21. The molecule has 0 aliphatic carbocycles. The average Bonchev–Trinajstić information content (AvgIpc) is 3.16. The third-order valence-electron chi connectivity index (χ3n) is 4.31. The minimum atomic E-state index is -0.658. The van der Waals surface area contributed by atoms with E-state index in [-0.39, 0.29) is 12.4 Å². The maximum atomic E-state index is 12.5. The summed E-state index contributed by atoms with van der Waals surface area (Å²) in [5, 5.41) is 3.94. The van der Waals surface area contributed by atoms with Crippen LogP contribution in [0.5, 0.6) is 0 Å². The smallest absolute Gasteiger partial charge is 0.320 e. The van der Waals surface area contributed by atoms with E-state index in [0.29, 0.717) is 11.5 Å². The Morgan fingerprint density at radius 2 is 1.75 bits per heavy atom. The van der Waals surface area contributed by atoms with Crippen molar-refractivity contribution < 1.29 is 4.52 Å². The van der Waals surface area contributed by atoms with Gasteiger partial charge in [-0.05, 0) is 42.8 Å². The lowest BCUT2D eigenvalue weighted by Gasteiger charge is -2.09. The van der Waals surface area contributed by atoms with E-state index < -0.39 is 11.1 Å². The second kappa shape index (κ2) is 7.40. The maximum absolute atomic E-state index is 12.5. The molecule has 7 nitrogen and oxygen atoms in total. The fourth-order valence-corrected chi connectivity index (χ4v) is 3.10. The van der Waals surface area contributed by atoms with Crippen molar-refractivity contribution in [1.82, 2.24) is 19.3 Å². The summed E-state index contributed by atoms with van der Waals surface area (Å²) in [6.45, 7) is 1.90. The second-order valence-corrected chi connectivity index (χ2v) is 7.13. The number of aryl methyl sites for hydroxylation is 1. The number of hydrogen-bond acceptors (Lipinski definition) is 5. The zero-order valence-corrected chi connectivity index (χ0v) is 16.5. The van der Waals surface area contributed by atoms with Gasteiger partial charge in [0.1, 0.15) is 6.54 Å². The normalized spacial score (nSPS) is 10.9. The highest BCUT2D eigenvalue weighted by molar-refractivity contribution is 9.10. The molecule has 0 unspecified atom stereocenters. The van der Waals surface area contributed by atoms with Crippen LogP contribution in [0, 0.1) is 6.92 Å². The summed E-state index contributed by atoms with van der Waals surface area (Å²) in [6.07, 6.45) is 3.11. The van der Waals surface area contributed by atoms with E-state index in [0.717, 1.165) is 15.6 Å². The molecule has 0 aliphatic heterocycles. The minimum Gasteiger partial charge on any atom is -0.337 e. The molecular weight excluding hydrogens is 424 g/mol. The number of halogens is 1. The van der Waals surface area contributed by atoms with Crippen LogP contribution in [0.1, 0.15) is 11.5 Å². The number of nitrogens with zero attached hydrogens (tertiary/aromatic N) is 4. The van der Waals surface area contributed by atoms with Crippen LogP contribution in [-0.2, 0) is 6.54 Å². The van der Waals surface area contributed by atoms with Crippen LogP contribution in [0.3, 0.4) is 0 Å². The van der Waals surface area contributed by atoms with Gasteiger partial charge in [0, 0.05) is 22.4 Å². The predicted molar refractivity (Wildman–Crippen MR) is 108 cm³/mol. The SMILES string of the molecule is Cc1ccccc1-n1ccn(Cc2nc(-c3ccc(Br)cc3)no2)c(=O)c1=O. The van der Waals surface area contributed by atoms with Gasteiger partial charge in [-0.1, -0.05) is 39.3 Å². The van der Waals surface area contributed by atoms with Crippen molar-refractivity contribution >= 4 is 15.9 Å². The molecule has 0 spiro atoms. The molecule has 0 bridgehead atoms. The van der Waals surface area contributed by atoms with Gasteiger partial charge in [0.25, 0.3) is 0 Å². The first-order valence-electron chi connectivity index (χ1n) is 8.49. The molecule has 0 saturated heterocycles. The monoisotopic (exact) mass is 438 g/mol. The van der Waals surface area contributed by atoms with Crippen molar-refractivity contribution in [2.45, 2.75) is 13.5 Å². The minimum absolute atomic E-state index is 0.0201. The number of hydrogen-bond donors (Lipinski definition) is 0. The van der Waals surface area contributed by atoms with Crippen molar-refractivity contribution in [3.8, 4) is 17.1 Å². The van der Waals surface area contributed by atoms with Crippen LogP contribution < -0.4 is 11.1 Å². The van der Waals surface area contributed by atoms with E-state index in [2.05, 4.69) is 26.1 Å². The molecule has 0 saturated carbocycles. The van der Waals surface area contributed by atoms with Crippen molar-refractivity contribution in [3.63, 3.8) is 0 Å². The summed E-state index contributed by atoms with van der Waals surface area (Å²) in [4.78, 5) is 29.4. The Kier molecular flexibility index (Phi) is 4.79. The largest absolute Gasteiger partial charge is 0.337 e. The molecule has 0 aliphatic rings. The molecule has 0 radical (unpaired) electrons. The molecule has 4 aromatic rings. The fraction of sp³-hybridized carbons (Fsp3) is 0.100. The zero-order valence-electron chi connectivity index (χ0n) is 14.9. The van der Waals surface area contributed by atoms with E-state index in [1.807, 2.05) is 49.4 Å². The molecule has 2 heterocycles. The van der Waals surface area contributed by atoms with Crippen molar-refractivity contribution in [3.05, 3.63) is 97.6 Å². The third kappa shape index (κ3) is 3.46. The number of rotatable bonds is 4. The van der Waals surface area contributed by atoms with Gasteiger partial charge in [0.15, 0.2) is 0 Å². The van der Waals surface area contributed by atoms with Crippen LogP contribution in [0.15, 0.2) is 79.5 Å². The Morgan fingerprint density at radius 3 is 2.50 bits per heavy atom. The number of para-hydroxylation sites is 1. The highest BCUT2D eigenvalue weighted by Gasteiger charge is 2.13. The molecule has 2 aromatic heterocycles. The summed E-state index contributed by atoms with van der Waals surface area (Å²) >= 11 is 3.38. The summed E-state index contributed by atoms with van der Waals surface area (Å²) in [7, 11) is 0.